The van der Waals surface area contributed by atoms with Gasteiger partial charge in [-0.1, -0.05) is 18.2 Å². The van der Waals surface area contributed by atoms with Crippen LogP contribution in [0.1, 0.15) is 37.7 Å². The minimum absolute atomic E-state index is 0.0782. The molecule has 128 valence electrons. The Balaban J connectivity index is 1.55. The Morgan fingerprint density at radius 2 is 2.17 bits per heavy atom. The highest BCUT2D eigenvalue weighted by molar-refractivity contribution is 6.39. The molecule has 2 amide bonds. The monoisotopic (exact) mass is 331 g/mol. The molecule has 1 atom stereocenters. The van der Waals surface area contributed by atoms with Crippen molar-refractivity contribution in [3.05, 3.63) is 35.6 Å². The highest BCUT2D eigenvalue weighted by Gasteiger charge is 2.28. The number of benzene rings is 1. The van der Waals surface area contributed by atoms with Gasteiger partial charge in [-0.2, -0.15) is 5.10 Å². The number of rotatable bonds is 4. The van der Waals surface area contributed by atoms with Gasteiger partial charge in [0.1, 0.15) is 11.5 Å². The van der Waals surface area contributed by atoms with E-state index in [-0.39, 0.29) is 17.6 Å². The second-order valence-electron chi connectivity index (χ2n) is 6.48. The van der Waals surface area contributed by atoms with Crippen LogP contribution in [-0.4, -0.2) is 35.5 Å². The molecule has 1 aromatic carbocycles. The summed E-state index contributed by atoms with van der Waals surface area (Å²) in [5.74, 6) is -0.00631. The van der Waals surface area contributed by atoms with Gasteiger partial charge in [0, 0.05) is 25.9 Å². The molecule has 5 nitrogen and oxygen atoms in total. The van der Waals surface area contributed by atoms with Gasteiger partial charge in [-0.25, -0.2) is 9.82 Å². The van der Waals surface area contributed by atoms with Gasteiger partial charge in [0.25, 0.3) is 5.91 Å². The van der Waals surface area contributed by atoms with E-state index in [1.165, 1.54) is 6.07 Å². The van der Waals surface area contributed by atoms with Crippen molar-refractivity contribution in [3.63, 3.8) is 0 Å². The second-order valence-corrected chi connectivity index (χ2v) is 6.48. The molecule has 1 aromatic rings. The largest absolute Gasteiger partial charge is 0.337 e. The molecular weight excluding hydrogens is 309 g/mol. The van der Waals surface area contributed by atoms with E-state index in [0.717, 1.165) is 31.4 Å². The standard InChI is InChI=1S/C18H22FN3O2/c19-15-6-2-1-5-14(15)8-7-13-4-3-11-22(12-13)18(24)16-9-10-17(23)21-20-16/h1-2,5-6,13H,3-4,7-12H2,(H,21,23). The maximum absolute atomic E-state index is 13.7. The molecule has 1 fully saturated rings. The normalized spacial score (nSPS) is 21.2. The summed E-state index contributed by atoms with van der Waals surface area (Å²) in [5, 5.41) is 3.89. The summed E-state index contributed by atoms with van der Waals surface area (Å²) in [4.78, 5) is 25.5. The number of amides is 2. The minimum atomic E-state index is -0.159. The fourth-order valence-corrected chi connectivity index (χ4v) is 3.36. The van der Waals surface area contributed by atoms with E-state index in [4.69, 9.17) is 0 Å². The van der Waals surface area contributed by atoms with Crippen LogP contribution in [0.3, 0.4) is 0 Å². The van der Waals surface area contributed by atoms with Crippen LogP contribution in [0.2, 0.25) is 0 Å². The predicted molar refractivity (Wildman–Crippen MR) is 88.8 cm³/mol. The van der Waals surface area contributed by atoms with E-state index in [1.807, 2.05) is 17.0 Å². The van der Waals surface area contributed by atoms with Crippen molar-refractivity contribution >= 4 is 17.5 Å². The summed E-state index contributed by atoms with van der Waals surface area (Å²) in [6.45, 7) is 1.41. The van der Waals surface area contributed by atoms with Crippen LogP contribution in [0, 0.1) is 11.7 Å². The summed E-state index contributed by atoms with van der Waals surface area (Å²) < 4.78 is 13.7. The van der Waals surface area contributed by atoms with Crippen LogP contribution in [0.15, 0.2) is 29.4 Å². The van der Waals surface area contributed by atoms with E-state index in [9.17, 15) is 14.0 Å². The van der Waals surface area contributed by atoms with Crippen molar-refractivity contribution in [2.45, 2.75) is 38.5 Å². The smallest absolute Gasteiger partial charge is 0.270 e. The molecule has 0 radical (unpaired) electrons. The Kier molecular flexibility index (Phi) is 5.23. The van der Waals surface area contributed by atoms with Gasteiger partial charge in [0.15, 0.2) is 0 Å². The first-order valence-corrected chi connectivity index (χ1v) is 8.51. The Morgan fingerprint density at radius 3 is 2.92 bits per heavy atom. The quantitative estimate of drug-likeness (QED) is 0.920. The lowest BCUT2D eigenvalue weighted by Gasteiger charge is -2.33. The van der Waals surface area contributed by atoms with Crippen LogP contribution in [-0.2, 0) is 16.0 Å². The maximum Gasteiger partial charge on any atom is 0.270 e. The minimum Gasteiger partial charge on any atom is -0.337 e. The van der Waals surface area contributed by atoms with Gasteiger partial charge >= 0.3 is 0 Å². The highest BCUT2D eigenvalue weighted by atomic mass is 19.1. The van der Waals surface area contributed by atoms with Crippen LogP contribution >= 0.6 is 0 Å². The molecule has 3 rings (SSSR count). The third-order valence-electron chi connectivity index (χ3n) is 4.74. The van der Waals surface area contributed by atoms with Crippen LogP contribution in [0.5, 0.6) is 0 Å². The number of hydrazone groups is 1. The summed E-state index contributed by atoms with van der Waals surface area (Å²) >= 11 is 0. The average Bonchev–Trinajstić information content (AvgIpc) is 2.61. The van der Waals surface area contributed by atoms with Crippen LogP contribution < -0.4 is 5.43 Å². The Morgan fingerprint density at radius 1 is 1.33 bits per heavy atom. The molecule has 6 heteroatoms. The van der Waals surface area contributed by atoms with E-state index < -0.39 is 0 Å². The van der Waals surface area contributed by atoms with E-state index in [0.29, 0.717) is 37.4 Å². The molecule has 1 unspecified atom stereocenters. The van der Waals surface area contributed by atoms with Crippen molar-refractivity contribution in [2.75, 3.05) is 13.1 Å². The molecule has 1 N–H and O–H groups in total. The lowest BCUT2D eigenvalue weighted by molar-refractivity contribution is -0.126. The molecule has 1 saturated heterocycles. The highest BCUT2D eigenvalue weighted by Crippen LogP contribution is 2.23. The van der Waals surface area contributed by atoms with Gasteiger partial charge < -0.3 is 4.90 Å². The summed E-state index contributed by atoms with van der Waals surface area (Å²) in [6.07, 6.45) is 4.29. The van der Waals surface area contributed by atoms with Crippen LogP contribution in [0.4, 0.5) is 4.39 Å². The van der Waals surface area contributed by atoms with E-state index >= 15 is 0 Å². The molecule has 2 aliphatic rings. The molecule has 0 bridgehead atoms. The summed E-state index contributed by atoms with van der Waals surface area (Å²) in [5.41, 5.74) is 3.55. The number of hydrogen-bond donors (Lipinski definition) is 1. The second kappa shape index (κ2) is 7.55. The van der Waals surface area contributed by atoms with E-state index in [2.05, 4.69) is 10.5 Å². The molecule has 0 aliphatic carbocycles. The van der Waals surface area contributed by atoms with Gasteiger partial charge in [-0.05, 0) is 43.2 Å². The molecule has 0 saturated carbocycles. The zero-order valence-corrected chi connectivity index (χ0v) is 13.6. The number of halogens is 1. The van der Waals surface area contributed by atoms with Crippen molar-refractivity contribution in [3.8, 4) is 0 Å². The fourth-order valence-electron chi connectivity index (χ4n) is 3.36. The number of likely N-dealkylation sites (tertiary alicyclic amines) is 1. The zero-order chi connectivity index (χ0) is 16.9. The van der Waals surface area contributed by atoms with Crippen molar-refractivity contribution in [1.29, 1.82) is 0 Å². The third-order valence-corrected chi connectivity index (χ3v) is 4.74. The first-order valence-electron chi connectivity index (χ1n) is 8.51. The number of nitrogens with zero attached hydrogens (tertiary/aromatic N) is 2. The number of hydrogen-bond acceptors (Lipinski definition) is 3. The first-order chi connectivity index (χ1) is 11.6. The van der Waals surface area contributed by atoms with Crippen LogP contribution in [0.25, 0.3) is 0 Å². The molecule has 2 aliphatic heterocycles. The van der Waals surface area contributed by atoms with Gasteiger partial charge in [-0.3, -0.25) is 9.59 Å². The Bertz CT molecular complexity index is 659. The molecule has 2 heterocycles. The molecule has 0 spiro atoms. The van der Waals surface area contributed by atoms with Gasteiger partial charge in [0.05, 0.1) is 0 Å². The molecule has 0 aromatic heterocycles. The van der Waals surface area contributed by atoms with Gasteiger partial charge in [0.2, 0.25) is 5.91 Å². The molecule has 24 heavy (non-hydrogen) atoms. The summed E-state index contributed by atoms with van der Waals surface area (Å²) in [6, 6.07) is 6.86. The molecular formula is C18H22FN3O2. The lowest BCUT2D eigenvalue weighted by atomic mass is 9.91. The zero-order valence-electron chi connectivity index (χ0n) is 13.6. The fraction of sp³-hybridized carbons (Fsp3) is 0.500. The Labute approximate surface area is 140 Å². The predicted octanol–water partition coefficient (Wildman–Crippen LogP) is 2.26. The number of aryl methyl sites for hydroxylation is 1. The SMILES string of the molecule is O=C1CCC(C(=O)N2CCCC(CCc3ccccc3F)C2)=NN1. The first kappa shape index (κ1) is 16.6. The summed E-state index contributed by atoms with van der Waals surface area (Å²) in [7, 11) is 0. The topological polar surface area (TPSA) is 61.8 Å². The van der Waals surface area contributed by atoms with E-state index in [1.54, 1.807) is 6.07 Å². The lowest BCUT2D eigenvalue weighted by Crippen LogP contribution is -2.45. The third kappa shape index (κ3) is 3.99. The average molecular weight is 331 g/mol. The Hall–Kier alpha value is -2.24. The number of nitrogens with one attached hydrogen (secondary N) is 1. The van der Waals surface area contributed by atoms with Crippen molar-refractivity contribution < 1.29 is 14.0 Å². The van der Waals surface area contributed by atoms with Gasteiger partial charge in [-0.15, -0.1) is 0 Å². The number of carbonyl (C=O) groups is 2. The van der Waals surface area contributed by atoms with Crippen molar-refractivity contribution in [2.24, 2.45) is 11.0 Å². The van der Waals surface area contributed by atoms with Crippen molar-refractivity contribution in [1.82, 2.24) is 10.3 Å². The number of piperidine rings is 1. The maximum atomic E-state index is 13.7. The number of carbonyl (C=O) groups excluding carboxylic acids is 2.